The number of hydrogen-bond donors (Lipinski definition) is 1. The molecule has 2 aromatic rings. The Kier molecular flexibility index (Phi) is 5.31. The Hall–Kier alpha value is -1.25. The Morgan fingerprint density at radius 3 is 2.22 bits per heavy atom. The lowest BCUT2D eigenvalue weighted by Crippen LogP contribution is -1.95. The van der Waals surface area contributed by atoms with Gasteiger partial charge in [-0.25, -0.2) is 0 Å². The second-order valence-electron chi connectivity index (χ2n) is 4.29. The molecule has 0 aliphatic rings. The quantitative estimate of drug-likeness (QED) is 0.628. The van der Waals surface area contributed by atoms with Gasteiger partial charge in [-0.05, 0) is 41.9 Å². The van der Waals surface area contributed by atoms with Crippen LogP contribution in [0.15, 0.2) is 59.5 Å². The molecule has 1 nitrogen and oxygen atoms in total. The number of rotatable bonds is 6. The van der Waals surface area contributed by atoms with Crippen molar-refractivity contribution >= 4 is 11.8 Å². The molecule has 2 aromatic carbocycles. The Bertz CT molecular complexity index is 450. The molecule has 2 rings (SSSR count). The van der Waals surface area contributed by atoms with Gasteiger partial charge < -0.3 is 5.73 Å². The van der Waals surface area contributed by atoms with Crippen molar-refractivity contribution in [1.29, 1.82) is 0 Å². The van der Waals surface area contributed by atoms with Gasteiger partial charge in [-0.15, -0.1) is 11.8 Å². The summed E-state index contributed by atoms with van der Waals surface area (Å²) in [7, 11) is 0. The number of thioether (sulfide) groups is 1. The van der Waals surface area contributed by atoms with Gasteiger partial charge in [-0.3, -0.25) is 0 Å². The lowest BCUT2D eigenvalue weighted by Gasteiger charge is -2.03. The number of benzene rings is 2. The largest absolute Gasteiger partial charge is 0.326 e. The summed E-state index contributed by atoms with van der Waals surface area (Å²) >= 11 is 1.92. The standard InChI is InChI=1S/C16H19NS/c17-13-15-8-10-16(11-9-15)18-12-4-7-14-5-2-1-3-6-14/h1-3,5-6,8-11H,4,7,12-13,17H2. The number of hydrogen-bond acceptors (Lipinski definition) is 2. The molecule has 0 atom stereocenters. The maximum absolute atomic E-state index is 5.58. The number of nitrogens with two attached hydrogens (primary N) is 1. The molecular weight excluding hydrogens is 238 g/mol. The Morgan fingerprint density at radius 2 is 1.56 bits per heavy atom. The second-order valence-corrected chi connectivity index (χ2v) is 5.45. The molecule has 0 aromatic heterocycles. The first-order chi connectivity index (χ1) is 8.88. The summed E-state index contributed by atoms with van der Waals surface area (Å²) < 4.78 is 0. The molecule has 0 unspecified atom stereocenters. The van der Waals surface area contributed by atoms with Crippen molar-refractivity contribution in [2.75, 3.05) is 5.75 Å². The highest BCUT2D eigenvalue weighted by Gasteiger charge is 1.96. The minimum Gasteiger partial charge on any atom is -0.326 e. The monoisotopic (exact) mass is 257 g/mol. The van der Waals surface area contributed by atoms with Gasteiger partial charge in [0.25, 0.3) is 0 Å². The van der Waals surface area contributed by atoms with E-state index in [4.69, 9.17) is 5.73 Å². The zero-order chi connectivity index (χ0) is 12.6. The molecule has 0 saturated heterocycles. The van der Waals surface area contributed by atoms with E-state index in [1.807, 2.05) is 11.8 Å². The predicted molar refractivity (Wildman–Crippen MR) is 79.8 cm³/mol. The van der Waals surface area contributed by atoms with Gasteiger partial charge in [0.1, 0.15) is 0 Å². The average Bonchev–Trinajstić information content (AvgIpc) is 2.45. The maximum atomic E-state index is 5.58. The fraction of sp³-hybridized carbons (Fsp3) is 0.250. The molecule has 2 N–H and O–H groups in total. The van der Waals surface area contributed by atoms with Crippen LogP contribution in [0.1, 0.15) is 17.5 Å². The van der Waals surface area contributed by atoms with Crippen LogP contribution in [0.4, 0.5) is 0 Å². The summed E-state index contributed by atoms with van der Waals surface area (Å²) in [4.78, 5) is 1.33. The van der Waals surface area contributed by atoms with Crippen molar-refractivity contribution < 1.29 is 0 Å². The minimum absolute atomic E-state index is 0.624. The van der Waals surface area contributed by atoms with E-state index in [0.717, 1.165) is 12.2 Å². The van der Waals surface area contributed by atoms with Crippen molar-refractivity contribution in [2.45, 2.75) is 24.3 Å². The van der Waals surface area contributed by atoms with Crippen LogP contribution in [-0.2, 0) is 13.0 Å². The fourth-order valence-corrected chi connectivity index (χ4v) is 2.69. The van der Waals surface area contributed by atoms with Gasteiger partial charge in [-0.1, -0.05) is 42.5 Å². The molecule has 0 radical (unpaired) electrons. The molecule has 0 amide bonds. The van der Waals surface area contributed by atoms with Crippen LogP contribution in [0.5, 0.6) is 0 Å². The Morgan fingerprint density at radius 1 is 0.833 bits per heavy atom. The van der Waals surface area contributed by atoms with Crippen LogP contribution >= 0.6 is 11.8 Å². The summed E-state index contributed by atoms with van der Waals surface area (Å²) in [6, 6.07) is 19.2. The third-order valence-electron chi connectivity index (χ3n) is 2.88. The zero-order valence-corrected chi connectivity index (χ0v) is 11.3. The van der Waals surface area contributed by atoms with Crippen LogP contribution in [-0.4, -0.2) is 5.75 Å². The van der Waals surface area contributed by atoms with E-state index in [1.165, 1.54) is 22.4 Å². The molecule has 0 aliphatic heterocycles. The smallest absolute Gasteiger partial charge is 0.0178 e. The third kappa shape index (κ3) is 4.21. The summed E-state index contributed by atoms with van der Waals surface area (Å²) in [5, 5.41) is 0. The van der Waals surface area contributed by atoms with E-state index in [9.17, 15) is 0 Å². The molecular formula is C16H19NS. The number of aryl methyl sites for hydroxylation is 1. The molecule has 94 valence electrons. The summed E-state index contributed by atoms with van der Waals surface area (Å²) in [5.74, 6) is 1.16. The highest BCUT2D eigenvalue weighted by atomic mass is 32.2. The van der Waals surface area contributed by atoms with Gasteiger partial charge in [0, 0.05) is 11.4 Å². The first-order valence-corrected chi connectivity index (χ1v) is 7.33. The molecule has 0 heterocycles. The SMILES string of the molecule is NCc1ccc(SCCCc2ccccc2)cc1. The topological polar surface area (TPSA) is 26.0 Å². The predicted octanol–water partition coefficient (Wildman–Crippen LogP) is 3.87. The van der Waals surface area contributed by atoms with Gasteiger partial charge >= 0.3 is 0 Å². The van der Waals surface area contributed by atoms with E-state index >= 15 is 0 Å². The highest BCUT2D eigenvalue weighted by molar-refractivity contribution is 7.99. The summed E-state index contributed by atoms with van der Waals surface area (Å²) in [5.41, 5.74) is 8.20. The van der Waals surface area contributed by atoms with Gasteiger partial charge in [-0.2, -0.15) is 0 Å². The lowest BCUT2D eigenvalue weighted by atomic mass is 10.1. The molecule has 0 spiro atoms. The molecule has 18 heavy (non-hydrogen) atoms. The highest BCUT2D eigenvalue weighted by Crippen LogP contribution is 2.20. The summed E-state index contributed by atoms with van der Waals surface area (Å²) in [6.07, 6.45) is 2.38. The van der Waals surface area contributed by atoms with Crippen molar-refractivity contribution in [3.8, 4) is 0 Å². The normalized spacial score (nSPS) is 10.5. The van der Waals surface area contributed by atoms with Crippen LogP contribution in [0.2, 0.25) is 0 Å². The minimum atomic E-state index is 0.624. The van der Waals surface area contributed by atoms with Gasteiger partial charge in [0.15, 0.2) is 0 Å². The lowest BCUT2D eigenvalue weighted by molar-refractivity contribution is 0.933. The van der Waals surface area contributed by atoms with Crippen LogP contribution in [0, 0.1) is 0 Å². The first kappa shape index (κ1) is 13.2. The maximum Gasteiger partial charge on any atom is 0.0178 e. The molecule has 0 fully saturated rings. The van der Waals surface area contributed by atoms with Crippen molar-refractivity contribution in [3.63, 3.8) is 0 Å². The van der Waals surface area contributed by atoms with Crippen LogP contribution < -0.4 is 5.73 Å². The Balaban J connectivity index is 1.72. The van der Waals surface area contributed by atoms with Crippen LogP contribution in [0.25, 0.3) is 0 Å². The molecule has 0 bridgehead atoms. The zero-order valence-electron chi connectivity index (χ0n) is 10.5. The van der Waals surface area contributed by atoms with E-state index in [2.05, 4.69) is 54.6 Å². The average molecular weight is 257 g/mol. The first-order valence-electron chi connectivity index (χ1n) is 6.34. The van der Waals surface area contributed by atoms with Gasteiger partial charge in [0.2, 0.25) is 0 Å². The van der Waals surface area contributed by atoms with E-state index in [0.29, 0.717) is 6.54 Å². The fourth-order valence-electron chi connectivity index (χ4n) is 1.83. The van der Waals surface area contributed by atoms with Gasteiger partial charge in [0.05, 0.1) is 0 Å². The van der Waals surface area contributed by atoms with E-state index in [-0.39, 0.29) is 0 Å². The van der Waals surface area contributed by atoms with E-state index < -0.39 is 0 Å². The van der Waals surface area contributed by atoms with Crippen molar-refractivity contribution in [2.24, 2.45) is 5.73 Å². The van der Waals surface area contributed by atoms with E-state index in [1.54, 1.807) is 0 Å². The third-order valence-corrected chi connectivity index (χ3v) is 3.98. The molecule has 0 aliphatic carbocycles. The molecule has 0 saturated carbocycles. The summed E-state index contributed by atoms with van der Waals surface area (Å²) in [6.45, 7) is 0.624. The van der Waals surface area contributed by atoms with Crippen molar-refractivity contribution in [1.82, 2.24) is 0 Å². The second kappa shape index (κ2) is 7.24. The Labute approximate surface area is 113 Å². The van der Waals surface area contributed by atoms with Crippen molar-refractivity contribution in [3.05, 3.63) is 65.7 Å². The van der Waals surface area contributed by atoms with Crippen LogP contribution in [0.3, 0.4) is 0 Å². The molecule has 2 heteroatoms.